The zero-order valence-corrected chi connectivity index (χ0v) is 18.2. The van der Waals surface area contributed by atoms with Gasteiger partial charge in [-0.1, -0.05) is 86.6 Å². The highest BCUT2D eigenvalue weighted by molar-refractivity contribution is 9.08. The molecule has 0 amide bonds. The molecular weight excluding hydrogens is 350 g/mol. The Bertz CT molecular complexity index is 204. The van der Waals surface area contributed by atoms with E-state index in [0.29, 0.717) is 6.61 Å². The normalized spacial score (nSPS) is 11.2. The summed E-state index contributed by atoms with van der Waals surface area (Å²) in [6, 6.07) is 0. The van der Waals surface area contributed by atoms with E-state index >= 15 is 0 Å². The number of rotatable bonds is 16. The van der Waals surface area contributed by atoms with Crippen LogP contribution in [0.3, 0.4) is 0 Å². The predicted molar refractivity (Wildman–Crippen MR) is 109 cm³/mol. The molecule has 3 heteroatoms. The lowest BCUT2D eigenvalue weighted by molar-refractivity contribution is -0.870. The molecule has 0 radical (unpaired) electrons. The van der Waals surface area contributed by atoms with E-state index in [9.17, 15) is 0 Å². The molecule has 0 atom stereocenters. The number of hydrogen-bond donors (Lipinski definition) is 1. The van der Waals surface area contributed by atoms with Crippen molar-refractivity contribution >= 4 is 15.9 Å². The lowest BCUT2D eigenvalue weighted by Crippen LogP contribution is -2.35. The molecule has 0 fully saturated rings. The van der Waals surface area contributed by atoms with Gasteiger partial charge in [0.15, 0.2) is 0 Å². The zero-order chi connectivity index (χ0) is 17.8. The van der Waals surface area contributed by atoms with Crippen molar-refractivity contribution in [2.24, 2.45) is 0 Å². The van der Waals surface area contributed by atoms with Crippen molar-refractivity contribution in [1.82, 2.24) is 0 Å². The van der Waals surface area contributed by atoms with Gasteiger partial charge in [0.1, 0.15) is 0 Å². The van der Waals surface area contributed by atoms with E-state index in [4.69, 9.17) is 5.11 Å². The molecule has 0 bridgehead atoms. The van der Waals surface area contributed by atoms with E-state index in [0.717, 1.165) is 10.9 Å². The second-order valence-electron chi connectivity index (χ2n) is 7.69. The molecule has 0 aliphatic rings. The highest BCUT2D eigenvalue weighted by Crippen LogP contribution is 2.13. The van der Waals surface area contributed by atoms with Crippen LogP contribution in [0.1, 0.15) is 89.9 Å². The van der Waals surface area contributed by atoms with Crippen LogP contribution in [-0.4, -0.2) is 49.7 Å². The Morgan fingerprint density at radius 2 is 0.783 bits per heavy atom. The Hall–Kier alpha value is 0.400. The maximum absolute atomic E-state index is 8.69. The molecule has 2 nitrogen and oxygen atoms in total. The van der Waals surface area contributed by atoms with Gasteiger partial charge in [0.05, 0.1) is 27.7 Å². The fraction of sp³-hybridized carbons (Fsp3) is 1.00. The molecule has 0 heterocycles. The monoisotopic (exact) mass is 394 g/mol. The largest absolute Gasteiger partial charge is 0.396 e. The summed E-state index contributed by atoms with van der Waals surface area (Å²) < 4.78 is 1.11. The van der Waals surface area contributed by atoms with Crippen LogP contribution in [-0.2, 0) is 0 Å². The minimum Gasteiger partial charge on any atom is -0.396 e. The Kier molecular flexibility index (Phi) is 22.8. The quantitative estimate of drug-likeness (QED) is 0.189. The van der Waals surface area contributed by atoms with Gasteiger partial charge in [-0.15, -0.1) is 0 Å². The van der Waals surface area contributed by atoms with Crippen molar-refractivity contribution in [3.8, 4) is 0 Å². The second-order valence-corrected chi connectivity index (χ2v) is 7.69. The van der Waals surface area contributed by atoms with Gasteiger partial charge in [-0.05, 0) is 25.1 Å². The average molecular weight is 395 g/mol. The third-order valence-electron chi connectivity index (χ3n) is 4.24. The average Bonchev–Trinajstić information content (AvgIpc) is 2.52. The standard InChI is InChI=1S/C19H42NO.CH3Br/c1-20(2,3)18-16-14-12-10-8-6-4-5-7-9-11-13-15-17-19-21;1-2/h21H,4-19H2,1-3H3;1H3/q+1;. The van der Waals surface area contributed by atoms with Crippen LogP contribution in [0.4, 0.5) is 0 Å². The molecule has 0 spiro atoms. The van der Waals surface area contributed by atoms with Crippen molar-refractivity contribution in [3.05, 3.63) is 0 Å². The third kappa shape index (κ3) is 27.5. The number of hydrogen-bond acceptors (Lipinski definition) is 1. The fourth-order valence-electron chi connectivity index (χ4n) is 2.82. The first kappa shape index (κ1) is 25.6. The molecule has 0 saturated heterocycles. The summed E-state index contributed by atoms with van der Waals surface area (Å²) in [6.45, 7) is 1.69. The molecule has 0 aliphatic heterocycles. The second kappa shape index (κ2) is 20.4. The Balaban J connectivity index is 0. The number of aliphatic hydroxyl groups is 1. The SMILES string of the molecule is CBr.C[N+](C)(C)CCCCCCCCCCCCCCCCO. The summed E-state index contributed by atoms with van der Waals surface area (Å²) in [7, 11) is 6.85. The smallest absolute Gasteiger partial charge is 0.0780 e. The van der Waals surface area contributed by atoms with Crippen LogP contribution in [0.15, 0.2) is 0 Å². The molecule has 23 heavy (non-hydrogen) atoms. The summed E-state index contributed by atoms with van der Waals surface area (Å²) in [4.78, 5) is 0. The first-order valence-corrected chi connectivity index (χ1v) is 11.4. The Labute approximate surface area is 155 Å². The van der Waals surface area contributed by atoms with Crippen molar-refractivity contribution in [1.29, 1.82) is 0 Å². The van der Waals surface area contributed by atoms with Gasteiger partial charge in [-0.3, -0.25) is 0 Å². The molecule has 0 rings (SSSR count). The number of halogens is 1. The fourth-order valence-corrected chi connectivity index (χ4v) is 2.82. The van der Waals surface area contributed by atoms with Gasteiger partial charge in [-0.2, -0.15) is 0 Å². The molecule has 0 aromatic heterocycles. The summed E-state index contributed by atoms with van der Waals surface area (Å²) in [5.41, 5.74) is 0. The Morgan fingerprint density at radius 1 is 0.522 bits per heavy atom. The maximum Gasteiger partial charge on any atom is 0.0780 e. The number of aliphatic hydroxyl groups excluding tert-OH is 1. The predicted octanol–water partition coefficient (Wildman–Crippen LogP) is 6.16. The third-order valence-corrected chi connectivity index (χ3v) is 4.24. The topological polar surface area (TPSA) is 20.2 Å². The Morgan fingerprint density at radius 3 is 1.04 bits per heavy atom. The van der Waals surface area contributed by atoms with Crippen molar-refractivity contribution < 1.29 is 9.59 Å². The van der Waals surface area contributed by atoms with Crippen LogP contribution >= 0.6 is 15.9 Å². The summed E-state index contributed by atoms with van der Waals surface area (Å²) >= 11 is 2.94. The van der Waals surface area contributed by atoms with E-state index in [2.05, 4.69) is 37.1 Å². The summed E-state index contributed by atoms with van der Waals surface area (Å²) in [5, 5.41) is 8.69. The van der Waals surface area contributed by atoms with Crippen LogP contribution in [0.2, 0.25) is 0 Å². The van der Waals surface area contributed by atoms with Gasteiger partial charge in [0.2, 0.25) is 0 Å². The molecular formula is C20H45BrNO+. The van der Waals surface area contributed by atoms with Crippen LogP contribution in [0, 0.1) is 0 Å². The minimum atomic E-state index is 0.370. The molecule has 1 N–H and O–H groups in total. The van der Waals surface area contributed by atoms with Gasteiger partial charge in [-0.25, -0.2) is 0 Å². The summed E-state index contributed by atoms with van der Waals surface area (Å²) in [6.07, 6.45) is 19.2. The number of nitrogens with zero attached hydrogens (tertiary/aromatic N) is 1. The van der Waals surface area contributed by atoms with Crippen LogP contribution in [0.5, 0.6) is 0 Å². The van der Waals surface area contributed by atoms with Crippen LogP contribution < -0.4 is 0 Å². The molecule has 0 saturated carbocycles. The summed E-state index contributed by atoms with van der Waals surface area (Å²) in [5.74, 6) is 1.81. The van der Waals surface area contributed by atoms with E-state index in [1.54, 1.807) is 0 Å². The van der Waals surface area contributed by atoms with Gasteiger partial charge in [0.25, 0.3) is 0 Å². The number of alkyl halides is 1. The van der Waals surface area contributed by atoms with Crippen molar-refractivity contribution in [2.75, 3.05) is 40.1 Å². The van der Waals surface area contributed by atoms with Gasteiger partial charge in [0, 0.05) is 6.61 Å². The highest BCUT2D eigenvalue weighted by Gasteiger charge is 2.04. The van der Waals surface area contributed by atoms with Gasteiger partial charge >= 0.3 is 0 Å². The molecule has 0 aliphatic carbocycles. The van der Waals surface area contributed by atoms with Crippen molar-refractivity contribution in [3.63, 3.8) is 0 Å². The first-order chi connectivity index (χ1) is 11.1. The molecule has 142 valence electrons. The lowest BCUT2D eigenvalue weighted by atomic mass is 10.0. The molecule has 0 unspecified atom stereocenters. The maximum atomic E-state index is 8.69. The zero-order valence-electron chi connectivity index (χ0n) is 16.6. The number of quaternary nitrogens is 1. The molecule has 0 aromatic carbocycles. The lowest BCUT2D eigenvalue weighted by Gasteiger charge is -2.23. The first-order valence-electron chi connectivity index (χ1n) is 9.85. The van der Waals surface area contributed by atoms with E-state index in [1.807, 2.05) is 5.83 Å². The molecule has 0 aromatic rings. The number of unbranched alkanes of at least 4 members (excludes halogenated alkanes) is 13. The van der Waals surface area contributed by atoms with E-state index in [-0.39, 0.29) is 0 Å². The van der Waals surface area contributed by atoms with E-state index < -0.39 is 0 Å². The van der Waals surface area contributed by atoms with Crippen LogP contribution in [0.25, 0.3) is 0 Å². The van der Waals surface area contributed by atoms with E-state index in [1.165, 1.54) is 90.0 Å². The highest BCUT2D eigenvalue weighted by atomic mass is 79.9. The minimum absolute atomic E-state index is 0.370. The van der Waals surface area contributed by atoms with Crippen molar-refractivity contribution in [2.45, 2.75) is 89.9 Å². The van der Waals surface area contributed by atoms with Gasteiger partial charge < -0.3 is 9.59 Å².